The van der Waals surface area contributed by atoms with Crippen LogP contribution in [0, 0.1) is 5.92 Å². The molecule has 1 aromatic rings. The van der Waals surface area contributed by atoms with Gasteiger partial charge in [-0.25, -0.2) is 0 Å². The quantitative estimate of drug-likeness (QED) is 0.893. The van der Waals surface area contributed by atoms with Gasteiger partial charge in [0.05, 0.1) is 23.3 Å². The predicted octanol–water partition coefficient (Wildman–Crippen LogP) is 2.55. The van der Waals surface area contributed by atoms with Gasteiger partial charge in [0.15, 0.2) is 0 Å². The second-order valence-electron chi connectivity index (χ2n) is 5.84. The summed E-state index contributed by atoms with van der Waals surface area (Å²) in [5.74, 6) is 0.351. The first-order valence-electron chi connectivity index (χ1n) is 7.68. The lowest BCUT2D eigenvalue weighted by molar-refractivity contribution is -0.122. The minimum Gasteiger partial charge on any atom is -0.379 e. The molecule has 1 aromatic carbocycles. The summed E-state index contributed by atoms with van der Waals surface area (Å²) in [6.07, 6.45) is 0.851. The Hall–Kier alpha value is -0.810. The zero-order valence-corrected chi connectivity index (χ0v) is 13.9. The number of halogens is 2. The molecular formula is C16H20Cl2N2O2. The zero-order valence-electron chi connectivity index (χ0n) is 12.4. The monoisotopic (exact) mass is 342 g/mol. The van der Waals surface area contributed by atoms with E-state index >= 15 is 0 Å². The molecule has 6 heteroatoms. The average molecular weight is 343 g/mol. The maximum absolute atomic E-state index is 12.2. The van der Waals surface area contributed by atoms with Crippen molar-refractivity contribution in [2.45, 2.75) is 12.3 Å². The average Bonchev–Trinajstić information content (AvgIpc) is 3.31. The van der Waals surface area contributed by atoms with Gasteiger partial charge in [-0.3, -0.25) is 9.69 Å². The molecule has 1 saturated carbocycles. The molecule has 2 atom stereocenters. The molecule has 1 saturated heterocycles. The second kappa shape index (κ2) is 7.18. The van der Waals surface area contributed by atoms with Gasteiger partial charge in [0.2, 0.25) is 5.91 Å². The number of carbonyl (C=O) groups excluding carboxylic acids is 1. The first-order valence-corrected chi connectivity index (χ1v) is 8.44. The Morgan fingerprint density at radius 2 is 2.09 bits per heavy atom. The number of nitrogens with zero attached hydrogens (tertiary/aromatic N) is 1. The van der Waals surface area contributed by atoms with Gasteiger partial charge < -0.3 is 10.1 Å². The van der Waals surface area contributed by atoms with Crippen LogP contribution in [0.4, 0.5) is 0 Å². The number of morpholine rings is 1. The Morgan fingerprint density at radius 3 is 2.86 bits per heavy atom. The highest BCUT2D eigenvalue weighted by Gasteiger charge is 2.44. The molecule has 120 valence electrons. The van der Waals surface area contributed by atoms with Crippen molar-refractivity contribution in [1.29, 1.82) is 0 Å². The van der Waals surface area contributed by atoms with E-state index < -0.39 is 0 Å². The molecule has 0 radical (unpaired) electrons. The Bertz CT molecular complexity index is 547. The van der Waals surface area contributed by atoms with Gasteiger partial charge in [-0.15, -0.1) is 0 Å². The number of rotatable bonds is 5. The molecule has 0 spiro atoms. The van der Waals surface area contributed by atoms with Crippen LogP contribution >= 0.6 is 23.2 Å². The summed E-state index contributed by atoms with van der Waals surface area (Å²) in [5, 5.41) is 4.16. The second-order valence-corrected chi connectivity index (χ2v) is 6.62. The number of hydrogen-bond acceptors (Lipinski definition) is 3. The van der Waals surface area contributed by atoms with Gasteiger partial charge in [-0.05, 0) is 24.0 Å². The van der Waals surface area contributed by atoms with Crippen molar-refractivity contribution in [3.63, 3.8) is 0 Å². The summed E-state index contributed by atoms with van der Waals surface area (Å²) in [6, 6.07) is 5.61. The number of nitrogens with one attached hydrogen (secondary N) is 1. The lowest BCUT2D eigenvalue weighted by Gasteiger charge is -2.26. The smallest absolute Gasteiger partial charge is 0.223 e. The highest BCUT2D eigenvalue weighted by Crippen LogP contribution is 2.50. The fourth-order valence-corrected chi connectivity index (χ4v) is 3.38. The Balaban J connectivity index is 1.45. The molecular weight excluding hydrogens is 323 g/mol. The third kappa shape index (κ3) is 3.74. The van der Waals surface area contributed by atoms with Crippen LogP contribution in [0.1, 0.15) is 17.9 Å². The molecule has 0 unspecified atom stereocenters. The largest absolute Gasteiger partial charge is 0.379 e. The number of ether oxygens (including phenoxy) is 1. The lowest BCUT2D eigenvalue weighted by atomic mass is 10.1. The van der Waals surface area contributed by atoms with Crippen molar-refractivity contribution in [3.05, 3.63) is 33.8 Å². The summed E-state index contributed by atoms with van der Waals surface area (Å²) in [7, 11) is 0. The third-order valence-electron chi connectivity index (χ3n) is 4.34. The van der Waals surface area contributed by atoms with E-state index in [1.165, 1.54) is 0 Å². The topological polar surface area (TPSA) is 41.6 Å². The first-order chi connectivity index (χ1) is 10.7. The van der Waals surface area contributed by atoms with Gasteiger partial charge in [-0.2, -0.15) is 0 Å². The van der Waals surface area contributed by atoms with E-state index in [9.17, 15) is 4.79 Å². The molecule has 1 N–H and O–H groups in total. The molecule has 4 nitrogen and oxygen atoms in total. The Morgan fingerprint density at radius 1 is 1.32 bits per heavy atom. The Kier molecular flexibility index (Phi) is 5.24. The lowest BCUT2D eigenvalue weighted by Crippen LogP contribution is -2.41. The summed E-state index contributed by atoms with van der Waals surface area (Å²) < 4.78 is 5.31. The maximum atomic E-state index is 12.2. The first kappa shape index (κ1) is 16.1. The zero-order chi connectivity index (χ0) is 15.5. The van der Waals surface area contributed by atoms with Crippen LogP contribution in [0.15, 0.2) is 18.2 Å². The number of carbonyl (C=O) groups is 1. The van der Waals surface area contributed by atoms with Gasteiger partial charge in [-0.1, -0.05) is 35.3 Å². The molecule has 22 heavy (non-hydrogen) atoms. The van der Waals surface area contributed by atoms with Crippen LogP contribution < -0.4 is 5.32 Å². The van der Waals surface area contributed by atoms with Crippen molar-refractivity contribution in [2.75, 3.05) is 39.4 Å². The van der Waals surface area contributed by atoms with Crippen LogP contribution in [0.5, 0.6) is 0 Å². The van der Waals surface area contributed by atoms with Crippen LogP contribution in [0.2, 0.25) is 10.0 Å². The van der Waals surface area contributed by atoms with Crippen molar-refractivity contribution in [3.8, 4) is 0 Å². The minimum atomic E-state index is 0.0284. The number of benzene rings is 1. The van der Waals surface area contributed by atoms with Crippen LogP contribution in [0.3, 0.4) is 0 Å². The van der Waals surface area contributed by atoms with Crippen molar-refractivity contribution >= 4 is 29.1 Å². The summed E-state index contributed by atoms with van der Waals surface area (Å²) >= 11 is 12.3. The van der Waals surface area contributed by atoms with Crippen LogP contribution in [-0.2, 0) is 9.53 Å². The van der Waals surface area contributed by atoms with E-state index in [1.54, 1.807) is 6.07 Å². The molecule has 0 aromatic heterocycles. The van der Waals surface area contributed by atoms with Crippen molar-refractivity contribution < 1.29 is 9.53 Å². The van der Waals surface area contributed by atoms with E-state index in [1.807, 2.05) is 12.1 Å². The highest BCUT2D eigenvalue weighted by atomic mass is 35.5. The summed E-state index contributed by atoms with van der Waals surface area (Å²) in [4.78, 5) is 14.5. The fraction of sp³-hybridized carbons (Fsp3) is 0.562. The normalized spacial score (nSPS) is 25.0. The minimum absolute atomic E-state index is 0.0284. The molecule has 0 bridgehead atoms. The third-order valence-corrected chi connectivity index (χ3v) is 5.17. The van der Waals surface area contributed by atoms with Crippen molar-refractivity contribution in [2.24, 2.45) is 5.92 Å². The van der Waals surface area contributed by atoms with E-state index in [4.69, 9.17) is 27.9 Å². The van der Waals surface area contributed by atoms with Crippen LogP contribution in [0.25, 0.3) is 0 Å². The van der Waals surface area contributed by atoms with E-state index in [0.29, 0.717) is 16.6 Å². The molecule has 1 aliphatic heterocycles. The van der Waals surface area contributed by atoms with Gasteiger partial charge in [0.25, 0.3) is 0 Å². The van der Waals surface area contributed by atoms with Gasteiger partial charge in [0, 0.05) is 32.1 Å². The summed E-state index contributed by atoms with van der Waals surface area (Å²) in [6.45, 7) is 5.02. The molecule has 1 aliphatic carbocycles. The SMILES string of the molecule is O=C(NCCN1CCOCC1)[C@@H]1C[C@@H]1c1cccc(Cl)c1Cl. The molecule has 1 amide bonds. The van der Waals surface area contributed by atoms with Crippen LogP contribution in [-0.4, -0.2) is 50.2 Å². The summed E-state index contributed by atoms with van der Waals surface area (Å²) in [5.41, 5.74) is 0.988. The highest BCUT2D eigenvalue weighted by molar-refractivity contribution is 6.42. The molecule has 2 aliphatic rings. The van der Waals surface area contributed by atoms with E-state index in [-0.39, 0.29) is 17.7 Å². The Labute approximate surface area is 140 Å². The van der Waals surface area contributed by atoms with E-state index in [0.717, 1.165) is 44.8 Å². The fourth-order valence-electron chi connectivity index (χ4n) is 2.93. The predicted molar refractivity (Wildman–Crippen MR) is 87.6 cm³/mol. The standard InChI is InChI=1S/C16H20Cl2N2O2/c17-14-3-1-2-11(15(14)18)12-10-13(12)16(21)19-4-5-20-6-8-22-9-7-20/h1-3,12-13H,4-10H2,(H,19,21)/t12-,13-/m1/s1. The molecule has 1 heterocycles. The van der Waals surface area contributed by atoms with Gasteiger partial charge >= 0.3 is 0 Å². The number of amides is 1. The van der Waals surface area contributed by atoms with Gasteiger partial charge in [0.1, 0.15) is 0 Å². The van der Waals surface area contributed by atoms with Crippen molar-refractivity contribution in [1.82, 2.24) is 10.2 Å². The maximum Gasteiger partial charge on any atom is 0.223 e. The number of hydrogen-bond donors (Lipinski definition) is 1. The molecule has 2 fully saturated rings. The van der Waals surface area contributed by atoms with E-state index in [2.05, 4.69) is 10.2 Å². The molecule has 3 rings (SSSR count).